The summed E-state index contributed by atoms with van der Waals surface area (Å²) in [6, 6.07) is 16.4. The molecule has 5 heteroatoms. The van der Waals surface area contributed by atoms with Crippen molar-refractivity contribution < 1.29 is 9.47 Å². The van der Waals surface area contributed by atoms with Gasteiger partial charge in [-0.1, -0.05) is 12.1 Å². The van der Waals surface area contributed by atoms with E-state index in [0.29, 0.717) is 6.10 Å². The molecule has 0 amide bonds. The molecule has 4 rings (SSSR count). The first kappa shape index (κ1) is 17.1. The van der Waals surface area contributed by atoms with Gasteiger partial charge in [-0.05, 0) is 56.3 Å². The predicted octanol–water partition coefficient (Wildman–Crippen LogP) is 3.64. The van der Waals surface area contributed by atoms with Gasteiger partial charge in [0.2, 0.25) is 0 Å². The Morgan fingerprint density at radius 1 is 1.19 bits per heavy atom. The Morgan fingerprint density at radius 2 is 2.00 bits per heavy atom. The molecular weight excluding hydrogens is 326 g/mol. The number of benzene rings is 2. The summed E-state index contributed by atoms with van der Waals surface area (Å²) in [5.41, 5.74) is 3.24. The van der Waals surface area contributed by atoms with Crippen LogP contribution in [0.3, 0.4) is 0 Å². The predicted molar refractivity (Wildman–Crippen MR) is 103 cm³/mol. The lowest BCUT2D eigenvalue weighted by Gasteiger charge is -2.21. The number of hydrogen-bond acceptors (Lipinski definition) is 4. The summed E-state index contributed by atoms with van der Waals surface area (Å²) in [4.78, 5) is 7.20. The van der Waals surface area contributed by atoms with Crippen molar-refractivity contribution in [2.24, 2.45) is 0 Å². The topological polar surface area (TPSA) is 39.5 Å². The highest BCUT2D eigenvalue weighted by Crippen LogP contribution is 2.24. The fourth-order valence-electron chi connectivity index (χ4n) is 3.64. The summed E-state index contributed by atoms with van der Waals surface area (Å²) >= 11 is 0. The smallest absolute Gasteiger partial charge is 0.128 e. The number of fused-ring (bicyclic) bond motifs is 1. The normalized spacial score (nSPS) is 17.3. The van der Waals surface area contributed by atoms with E-state index in [2.05, 4.69) is 46.8 Å². The molecule has 0 N–H and O–H groups in total. The van der Waals surface area contributed by atoms with Gasteiger partial charge in [-0.25, -0.2) is 4.98 Å². The minimum Gasteiger partial charge on any atom is -0.497 e. The van der Waals surface area contributed by atoms with Crippen molar-refractivity contribution in [1.29, 1.82) is 0 Å². The van der Waals surface area contributed by atoms with Crippen molar-refractivity contribution in [3.05, 3.63) is 54.4 Å². The first-order chi connectivity index (χ1) is 12.7. The zero-order valence-corrected chi connectivity index (χ0v) is 15.4. The monoisotopic (exact) mass is 351 g/mol. The molecule has 1 aliphatic heterocycles. The summed E-state index contributed by atoms with van der Waals surface area (Å²) in [7, 11) is 3.83. The maximum absolute atomic E-state index is 5.78. The van der Waals surface area contributed by atoms with Crippen LogP contribution in [0.25, 0.3) is 16.7 Å². The molecule has 1 unspecified atom stereocenters. The third-order valence-corrected chi connectivity index (χ3v) is 4.91. The standard InChI is InChI=1S/C21H25N3O2/c1-23(14-18-6-5-13-26-18)15-21-22-19-7-3-4-8-20(19)24(21)16-9-11-17(25-2)12-10-16/h3-4,7-12,18H,5-6,13-15H2,1-2H3. The Balaban J connectivity index is 1.66. The van der Waals surface area contributed by atoms with Gasteiger partial charge in [0, 0.05) is 18.8 Å². The molecule has 1 saturated heterocycles. The minimum absolute atomic E-state index is 0.346. The van der Waals surface area contributed by atoms with E-state index in [1.54, 1.807) is 7.11 Å². The van der Waals surface area contributed by atoms with E-state index in [-0.39, 0.29) is 0 Å². The third-order valence-electron chi connectivity index (χ3n) is 4.91. The Kier molecular flexibility index (Phi) is 4.91. The quantitative estimate of drug-likeness (QED) is 0.680. The van der Waals surface area contributed by atoms with Crippen LogP contribution in [0.4, 0.5) is 0 Å². The van der Waals surface area contributed by atoms with Gasteiger partial charge in [0.05, 0.1) is 30.8 Å². The first-order valence-corrected chi connectivity index (χ1v) is 9.15. The lowest BCUT2D eigenvalue weighted by Crippen LogP contribution is -2.29. The number of ether oxygens (including phenoxy) is 2. The Labute approximate surface area is 154 Å². The Morgan fingerprint density at radius 3 is 2.73 bits per heavy atom. The first-order valence-electron chi connectivity index (χ1n) is 9.15. The van der Waals surface area contributed by atoms with Gasteiger partial charge in [-0.15, -0.1) is 0 Å². The number of likely N-dealkylation sites (N-methyl/N-ethyl adjacent to an activating group) is 1. The van der Waals surface area contributed by atoms with Crippen molar-refractivity contribution in [1.82, 2.24) is 14.5 Å². The van der Waals surface area contributed by atoms with Crippen molar-refractivity contribution in [3.63, 3.8) is 0 Å². The summed E-state index contributed by atoms with van der Waals surface area (Å²) in [5.74, 6) is 1.90. The van der Waals surface area contributed by atoms with Crippen molar-refractivity contribution in [2.45, 2.75) is 25.5 Å². The van der Waals surface area contributed by atoms with E-state index < -0.39 is 0 Å². The minimum atomic E-state index is 0.346. The highest BCUT2D eigenvalue weighted by Gasteiger charge is 2.19. The van der Waals surface area contributed by atoms with Crippen molar-refractivity contribution >= 4 is 11.0 Å². The summed E-state index contributed by atoms with van der Waals surface area (Å²) in [6.07, 6.45) is 2.67. The number of hydrogen-bond donors (Lipinski definition) is 0. The lowest BCUT2D eigenvalue weighted by molar-refractivity contribution is 0.0785. The van der Waals surface area contributed by atoms with Gasteiger partial charge in [0.1, 0.15) is 11.6 Å². The van der Waals surface area contributed by atoms with E-state index >= 15 is 0 Å². The van der Waals surface area contributed by atoms with Gasteiger partial charge >= 0.3 is 0 Å². The highest BCUT2D eigenvalue weighted by molar-refractivity contribution is 5.78. The van der Waals surface area contributed by atoms with E-state index in [0.717, 1.165) is 54.4 Å². The maximum Gasteiger partial charge on any atom is 0.128 e. The fourth-order valence-corrected chi connectivity index (χ4v) is 3.64. The van der Waals surface area contributed by atoms with Crippen LogP contribution in [0, 0.1) is 0 Å². The average molecular weight is 351 g/mol. The molecule has 26 heavy (non-hydrogen) atoms. The molecule has 0 aliphatic carbocycles. The fraction of sp³-hybridized carbons (Fsp3) is 0.381. The van der Waals surface area contributed by atoms with E-state index in [4.69, 9.17) is 14.5 Å². The number of imidazole rings is 1. The number of nitrogens with zero attached hydrogens (tertiary/aromatic N) is 3. The molecule has 2 heterocycles. The SMILES string of the molecule is COc1ccc(-n2c(CN(C)CC3CCCO3)nc3ccccc32)cc1. The Bertz CT molecular complexity index is 867. The lowest BCUT2D eigenvalue weighted by atomic mass is 10.2. The van der Waals surface area contributed by atoms with Crippen molar-refractivity contribution in [2.75, 3.05) is 27.3 Å². The maximum atomic E-state index is 5.78. The molecule has 0 bridgehead atoms. The summed E-state index contributed by atoms with van der Waals surface area (Å²) in [6.45, 7) is 2.61. The number of rotatable bonds is 6. The molecule has 0 spiro atoms. The van der Waals surface area contributed by atoms with E-state index in [9.17, 15) is 0 Å². The molecule has 1 fully saturated rings. The molecule has 0 saturated carbocycles. The Hall–Kier alpha value is -2.37. The molecule has 5 nitrogen and oxygen atoms in total. The van der Waals surface area contributed by atoms with Crippen LogP contribution in [0.2, 0.25) is 0 Å². The summed E-state index contributed by atoms with van der Waals surface area (Å²) < 4.78 is 13.3. The largest absolute Gasteiger partial charge is 0.497 e. The second kappa shape index (κ2) is 7.48. The molecule has 2 aromatic carbocycles. The number of aromatic nitrogens is 2. The number of methoxy groups -OCH3 is 1. The molecule has 136 valence electrons. The van der Waals surface area contributed by atoms with Crippen LogP contribution in [0.15, 0.2) is 48.5 Å². The average Bonchev–Trinajstić information content (AvgIpc) is 3.29. The summed E-state index contributed by atoms with van der Waals surface area (Å²) in [5, 5.41) is 0. The van der Waals surface area contributed by atoms with Crippen LogP contribution in [0.5, 0.6) is 5.75 Å². The zero-order valence-electron chi connectivity index (χ0n) is 15.4. The van der Waals surface area contributed by atoms with E-state index in [1.165, 1.54) is 6.42 Å². The van der Waals surface area contributed by atoms with Gasteiger partial charge in [-0.2, -0.15) is 0 Å². The van der Waals surface area contributed by atoms with Gasteiger partial charge in [0.25, 0.3) is 0 Å². The third kappa shape index (κ3) is 3.45. The highest BCUT2D eigenvalue weighted by atomic mass is 16.5. The second-order valence-electron chi connectivity index (χ2n) is 6.88. The molecule has 1 aromatic heterocycles. The van der Waals surface area contributed by atoms with Crippen LogP contribution in [-0.4, -0.2) is 47.9 Å². The molecule has 3 aromatic rings. The van der Waals surface area contributed by atoms with Crippen LogP contribution in [-0.2, 0) is 11.3 Å². The zero-order chi connectivity index (χ0) is 17.9. The van der Waals surface area contributed by atoms with Crippen LogP contribution < -0.4 is 4.74 Å². The van der Waals surface area contributed by atoms with Crippen LogP contribution >= 0.6 is 0 Å². The molecule has 1 aliphatic rings. The van der Waals surface area contributed by atoms with Gasteiger partial charge in [-0.3, -0.25) is 9.47 Å². The van der Waals surface area contributed by atoms with Crippen LogP contribution in [0.1, 0.15) is 18.7 Å². The van der Waals surface area contributed by atoms with Gasteiger partial charge < -0.3 is 9.47 Å². The molecular formula is C21H25N3O2. The number of para-hydroxylation sites is 2. The second-order valence-corrected chi connectivity index (χ2v) is 6.88. The molecule has 0 radical (unpaired) electrons. The molecule has 1 atom stereocenters. The van der Waals surface area contributed by atoms with E-state index in [1.807, 2.05) is 18.2 Å². The van der Waals surface area contributed by atoms with Gasteiger partial charge in [0.15, 0.2) is 0 Å². The van der Waals surface area contributed by atoms with Crippen molar-refractivity contribution in [3.8, 4) is 11.4 Å².